The summed E-state index contributed by atoms with van der Waals surface area (Å²) in [4.78, 5) is 17.4. The lowest BCUT2D eigenvalue weighted by molar-refractivity contribution is 0.371. The van der Waals surface area contributed by atoms with Gasteiger partial charge in [0.2, 0.25) is 0 Å². The molecule has 3 N–H and O–H groups in total. The molecule has 0 atom stereocenters. The van der Waals surface area contributed by atoms with Crippen molar-refractivity contribution >= 4 is 7.60 Å². The first-order chi connectivity index (χ1) is 6.40. The number of phenols is 1. The van der Waals surface area contributed by atoms with Gasteiger partial charge in [-0.2, -0.15) is 0 Å². The van der Waals surface area contributed by atoms with Crippen LogP contribution < -0.4 is 4.74 Å². The van der Waals surface area contributed by atoms with E-state index in [1.165, 1.54) is 25.3 Å². The van der Waals surface area contributed by atoms with E-state index in [4.69, 9.17) is 14.5 Å². The minimum Gasteiger partial charge on any atom is -0.508 e. The first kappa shape index (κ1) is 11.0. The molecular formula is C8H11O5P. The Balaban J connectivity index is 2.98. The molecule has 0 bridgehead atoms. The molecule has 0 aliphatic carbocycles. The Morgan fingerprint density at radius 3 is 2.50 bits per heavy atom. The summed E-state index contributed by atoms with van der Waals surface area (Å²) in [6.07, 6.45) is -0.405. The molecule has 0 saturated carbocycles. The second-order valence-electron chi connectivity index (χ2n) is 2.86. The number of ether oxygens (including phenoxy) is 1. The SMILES string of the molecule is COc1cc(O)cc(CP(=O)(O)O)c1. The monoisotopic (exact) mass is 218 g/mol. The Kier molecular flexibility index (Phi) is 3.16. The molecule has 0 saturated heterocycles. The second-order valence-corrected chi connectivity index (χ2v) is 4.51. The summed E-state index contributed by atoms with van der Waals surface area (Å²) in [5, 5.41) is 9.19. The topological polar surface area (TPSA) is 87.0 Å². The highest BCUT2D eigenvalue weighted by Gasteiger charge is 2.15. The molecule has 78 valence electrons. The number of phenolic OH excluding ortho intramolecular Hbond substituents is 1. The lowest BCUT2D eigenvalue weighted by Gasteiger charge is -2.06. The molecule has 0 aliphatic rings. The maximum Gasteiger partial charge on any atom is 0.329 e. The van der Waals surface area contributed by atoms with E-state index in [-0.39, 0.29) is 5.75 Å². The number of benzene rings is 1. The molecule has 0 radical (unpaired) electrons. The van der Waals surface area contributed by atoms with Gasteiger partial charge in [-0.3, -0.25) is 4.57 Å². The van der Waals surface area contributed by atoms with Crippen molar-refractivity contribution in [2.45, 2.75) is 6.16 Å². The van der Waals surface area contributed by atoms with Crippen LogP contribution in [-0.4, -0.2) is 22.0 Å². The Labute approximate surface area is 81.1 Å². The van der Waals surface area contributed by atoms with E-state index < -0.39 is 13.8 Å². The summed E-state index contributed by atoms with van der Waals surface area (Å²) in [7, 11) is -2.69. The van der Waals surface area contributed by atoms with Crippen molar-refractivity contribution in [2.24, 2.45) is 0 Å². The van der Waals surface area contributed by atoms with Crippen LogP contribution in [0.4, 0.5) is 0 Å². The van der Waals surface area contributed by atoms with Crippen molar-refractivity contribution in [1.82, 2.24) is 0 Å². The average Bonchev–Trinajstić information content (AvgIpc) is 1.99. The van der Waals surface area contributed by atoms with Gasteiger partial charge in [0.05, 0.1) is 13.3 Å². The number of methoxy groups -OCH3 is 1. The summed E-state index contributed by atoms with van der Waals surface area (Å²) >= 11 is 0. The number of aromatic hydroxyl groups is 1. The van der Waals surface area contributed by atoms with Gasteiger partial charge in [0.15, 0.2) is 0 Å². The number of rotatable bonds is 3. The van der Waals surface area contributed by atoms with Crippen molar-refractivity contribution < 1.29 is 24.2 Å². The molecule has 0 heterocycles. The molecule has 0 spiro atoms. The molecule has 0 aliphatic heterocycles. The predicted molar refractivity (Wildman–Crippen MR) is 50.4 cm³/mol. The Morgan fingerprint density at radius 1 is 1.36 bits per heavy atom. The summed E-state index contributed by atoms with van der Waals surface area (Å²) in [6.45, 7) is 0. The third-order valence-corrected chi connectivity index (χ3v) is 2.35. The normalized spacial score (nSPS) is 11.4. The van der Waals surface area contributed by atoms with Gasteiger partial charge >= 0.3 is 7.60 Å². The van der Waals surface area contributed by atoms with E-state index >= 15 is 0 Å². The van der Waals surface area contributed by atoms with Crippen LogP contribution in [0.2, 0.25) is 0 Å². The third kappa shape index (κ3) is 3.38. The van der Waals surface area contributed by atoms with Crippen molar-refractivity contribution in [3.63, 3.8) is 0 Å². The summed E-state index contributed by atoms with van der Waals surface area (Å²) in [6, 6.07) is 4.13. The fourth-order valence-electron chi connectivity index (χ4n) is 1.09. The third-order valence-electron chi connectivity index (χ3n) is 1.58. The van der Waals surface area contributed by atoms with Crippen molar-refractivity contribution in [3.05, 3.63) is 23.8 Å². The zero-order valence-electron chi connectivity index (χ0n) is 7.54. The van der Waals surface area contributed by atoms with Crippen molar-refractivity contribution in [2.75, 3.05) is 7.11 Å². The number of hydrogen-bond donors (Lipinski definition) is 3. The first-order valence-electron chi connectivity index (χ1n) is 3.82. The summed E-state index contributed by atoms with van der Waals surface area (Å²) < 4.78 is 15.5. The van der Waals surface area contributed by atoms with Crippen LogP contribution >= 0.6 is 7.60 Å². The molecule has 1 aromatic rings. The first-order valence-corrected chi connectivity index (χ1v) is 5.62. The van der Waals surface area contributed by atoms with Crippen LogP contribution in [0, 0.1) is 0 Å². The molecule has 1 rings (SSSR count). The Bertz CT molecular complexity index is 370. The molecule has 0 unspecified atom stereocenters. The second kappa shape index (κ2) is 4.00. The summed E-state index contributed by atoms with van der Waals surface area (Å²) in [5.41, 5.74) is 0.343. The van der Waals surface area contributed by atoms with Crippen LogP contribution in [-0.2, 0) is 10.7 Å². The fourth-order valence-corrected chi connectivity index (χ4v) is 1.75. The van der Waals surface area contributed by atoms with E-state index in [0.29, 0.717) is 11.3 Å². The lowest BCUT2D eigenvalue weighted by atomic mass is 10.2. The van der Waals surface area contributed by atoms with Crippen LogP contribution in [0.15, 0.2) is 18.2 Å². The highest BCUT2D eigenvalue weighted by Crippen LogP contribution is 2.40. The molecule has 1 aromatic carbocycles. The fraction of sp³-hybridized carbons (Fsp3) is 0.250. The largest absolute Gasteiger partial charge is 0.508 e. The number of hydrogen-bond acceptors (Lipinski definition) is 3. The average molecular weight is 218 g/mol. The molecule has 0 fully saturated rings. The van der Waals surface area contributed by atoms with Crippen molar-refractivity contribution in [1.29, 1.82) is 0 Å². The Morgan fingerprint density at radius 2 is 2.00 bits per heavy atom. The van der Waals surface area contributed by atoms with Crippen LogP contribution in [0.3, 0.4) is 0 Å². The van der Waals surface area contributed by atoms with Gasteiger partial charge in [-0.15, -0.1) is 0 Å². The lowest BCUT2D eigenvalue weighted by Crippen LogP contribution is -1.89. The predicted octanol–water partition coefficient (Wildman–Crippen LogP) is 1.08. The van der Waals surface area contributed by atoms with E-state index in [1.807, 2.05) is 0 Å². The van der Waals surface area contributed by atoms with E-state index in [9.17, 15) is 9.67 Å². The van der Waals surface area contributed by atoms with Gasteiger partial charge in [-0.25, -0.2) is 0 Å². The molecule has 0 amide bonds. The highest BCUT2D eigenvalue weighted by atomic mass is 31.2. The van der Waals surface area contributed by atoms with Crippen LogP contribution in [0.1, 0.15) is 5.56 Å². The van der Waals surface area contributed by atoms with Gasteiger partial charge < -0.3 is 19.6 Å². The zero-order chi connectivity index (χ0) is 10.8. The smallest absolute Gasteiger partial charge is 0.329 e. The van der Waals surface area contributed by atoms with Gasteiger partial charge in [0.1, 0.15) is 11.5 Å². The molecule has 6 heteroatoms. The van der Waals surface area contributed by atoms with Crippen molar-refractivity contribution in [3.8, 4) is 11.5 Å². The quantitative estimate of drug-likeness (QED) is 0.661. The van der Waals surface area contributed by atoms with E-state index in [1.54, 1.807) is 0 Å². The zero-order valence-corrected chi connectivity index (χ0v) is 8.44. The maximum atomic E-state index is 10.7. The van der Waals surface area contributed by atoms with Crippen LogP contribution in [0.25, 0.3) is 0 Å². The van der Waals surface area contributed by atoms with Gasteiger partial charge in [-0.05, 0) is 17.7 Å². The van der Waals surface area contributed by atoms with Gasteiger partial charge in [0, 0.05) is 6.07 Å². The molecule has 14 heavy (non-hydrogen) atoms. The molecule has 5 nitrogen and oxygen atoms in total. The minimum atomic E-state index is -4.10. The van der Waals surface area contributed by atoms with Gasteiger partial charge in [-0.1, -0.05) is 0 Å². The minimum absolute atomic E-state index is 0.0761. The molecular weight excluding hydrogens is 207 g/mol. The maximum absolute atomic E-state index is 10.7. The van der Waals surface area contributed by atoms with Crippen LogP contribution in [0.5, 0.6) is 11.5 Å². The molecule has 0 aromatic heterocycles. The summed E-state index contributed by atoms with van der Waals surface area (Å²) in [5.74, 6) is 0.293. The van der Waals surface area contributed by atoms with E-state index in [0.717, 1.165) is 0 Å². The standard InChI is InChI=1S/C8H11O5P/c1-13-8-3-6(2-7(9)4-8)5-14(10,11)12/h2-4,9H,5H2,1H3,(H2,10,11,12). The Hall–Kier alpha value is -1.03. The highest BCUT2D eigenvalue weighted by molar-refractivity contribution is 7.50. The van der Waals surface area contributed by atoms with E-state index in [2.05, 4.69) is 0 Å². The van der Waals surface area contributed by atoms with Gasteiger partial charge in [0.25, 0.3) is 0 Å².